The Bertz CT molecular complexity index is 508. The molecule has 0 aliphatic carbocycles. The van der Waals surface area contributed by atoms with Crippen molar-refractivity contribution in [3.05, 3.63) is 40.8 Å². The number of aromatic nitrogens is 2. The minimum Gasteiger partial charge on any atom is -0.490 e. The van der Waals surface area contributed by atoms with Gasteiger partial charge < -0.3 is 9.72 Å². The number of hydrogen-bond donors (Lipinski definition) is 1. The highest BCUT2D eigenvalue weighted by Crippen LogP contribution is 2.31. The second-order valence-corrected chi connectivity index (χ2v) is 3.11. The molecule has 1 aromatic carbocycles. The molecule has 0 amide bonds. The SMILES string of the molecule is COc1ccc(-c2cnc[nH]2)cc1[N+](=O)[O-]. The molecule has 0 aliphatic rings. The number of rotatable bonds is 3. The first-order valence-corrected chi connectivity index (χ1v) is 4.53. The van der Waals surface area contributed by atoms with Gasteiger partial charge in [0.2, 0.25) is 0 Å². The Balaban J connectivity index is 2.51. The summed E-state index contributed by atoms with van der Waals surface area (Å²) in [6, 6.07) is 4.75. The van der Waals surface area contributed by atoms with Crippen LogP contribution in [0.5, 0.6) is 5.75 Å². The number of H-pyrrole nitrogens is 1. The van der Waals surface area contributed by atoms with Gasteiger partial charge in [-0.1, -0.05) is 0 Å². The van der Waals surface area contributed by atoms with Crippen LogP contribution in [0.25, 0.3) is 11.3 Å². The van der Waals surface area contributed by atoms with Crippen molar-refractivity contribution in [3.8, 4) is 17.0 Å². The van der Waals surface area contributed by atoms with E-state index in [0.717, 1.165) is 5.69 Å². The summed E-state index contributed by atoms with van der Waals surface area (Å²) >= 11 is 0. The molecule has 0 saturated heterocycles. The number of benzene rings is 1. The first-order chi connectivity index (χ1) is 7.72. The number of nitro groups is 1. The van der Waals surface area contributed by atoms with E-state index >= 15 is 0 Å². The van der Waals surface area contributed by atoms with E-state index in [2.05, 4.69) is 9.97 Å². The first-order valence-electron chi connectivity index (χ1n) is 4.53. The van der Waals surface area contributed by atoms with Crippen molar-refractivity contribution in [2.24, 2.45) is 0 Å². The van der Waals surface area contributed by atoms with E-state index in [1.54, 1.807) is 18.3 Å². The van der Waals surface area contributed by atoms with Crippen molar-refractivity contribution in [1.82, 2.24) is 9.97 Å². The largest absolute Gasteiger partial charge is 0.490 e. The molecule has 0 atom stereocenters. The van der Waals surface area contributed by atoms with Crippen LogP contribution in [0.15, 0.2) is 30.7 Å². The van der Waals surface area contributed by atoms with Gasteiger partial charge in [-0.05, 0) is 12.1 Å². The van der Waals surface area contributed by atoms with Gasteiger partial charge in [0, 0.05) is 11.6 Å². The van der Waals surface area contributed by atoms with E-state index in [4.69, 9.17) is 4.74 Å². The summed E-state index contributed by atoms with van der Waals surface area (Å²) in [4.78, 5) is 17.1. The van der Waals surface area contributed by atoms with Crippen LogP contribution >= 0.6 is 0 Å². The van der Waals surface area contributed by atoms with E-state index in [1.165, 1.54) is 19.5 Å². The second kappa shape index (κ2) is 4.01. The van der Waals surface area contributed by atoms with Gasteiger partial charge in [-0.2, -0.15) is 0 Å². The Hall–Kier alpha value is -2.37. The van der Waals surface area contributed by atoms with Crippen molar-refractivity contribution in [2.45, 2.75) is 0 Å². The zero-order valence-corrected chi connectivity index (χ0v) is 8.51. The smallest absolute Gasteiger partial charge is 0.311 e. The summed E-state index contributed by atoms with van der Waals surface area (Å²) in [6.45, 7) is 0. The van der Waals surface area contributed by atoms with Crippen LogP contribution in [0.2, 0.25) is 0 Å². The van der Waals surface area contributed by atoms with E-state index in [9.17, 15) is 10.1 Å². The molecule has 0 spiro atoms. The number of hydrogen-bond acceptors (Lipinski definition) is 4. The van der Waals surface area contributed by atoms with E-state index in [-0.39, 0.29) is 11.4 Å². The monoisotopic (exact) mass is 219 g/mol. The molecular formula is C10H9N3O3. The quantitative estimate of drug-likeness (QED) is 0.632. The van der Waals surface area contributed by atoms with Gasteiger partial charge >= 0.3 is 5.69 Å². The summed E-state index contributed by atoms with van der Waals surface area (Å²) in [5.74, 6) is 0.244. The zero-order valence-electron chi connectivity index (χ0n) is 8.51. The Morgan fingerprint density at radius 1 is 1.50 bits per heavy atom. The van der Waals surface area contributed by atoms with Gasteiger partial charge in [-0.25, -0.2) is 4.98 Å². The number of nitrogens with zero attached hydrogens (tertiary/aromatic N) is 2. The standard InChI is InChI=1S/C10H9N3O3/c1-16-10-3-2-7(4-9(10)13(14)15)8-5-11-6-12-8/h2-6H,1H3,(H,11,12). The second-order valence-electron chi connectivity index (χ2n) is 3.11. The molecule has 6 heteroatoms. The summed E-state index contributed by atoms with van der Waals surface area (Å²) in [7, 11) is 1.40. The van der Waals surface area contributed by atoms with Crippen molar-refractivity contribution in [3.63, 3.8) is 0 Å². The average molecular weight is 219 g/mol. The number of nitrogens with one attached hydrogen (secondary N) is 1. The third-order valence-electron chi connectivity index (χ3n) is 2.18. The van der Waals surface area contributed by atoms with Crippen LogP contribution in [0, 0.1) is 10.1 Å². The van der Waals surface area contributed by atoms with E-state index < -0.39 is 4.92 Å². The fraction of sp³-hybridized carbons (Fsp3) is 0.100. The summed E-state index contributed by atoms with van der Waals surface area (Å²) in [5.41, 5.74) is 1.37. The van der Waals surface area contributed by atoms with Crippen molar-refractivity contribution in [1.29, 1.82) is 0 Å². The lowest BCUT2D eigenvalue weighted by atomic mass is 10.1. The molecule has 1 N–H and O–H groups in total. The molecule has 1 heterocycles. The highest BCUT2D eigenvalue weighted by molar-refractivity contribution is 5.65. The molecule has 0 saturated carbocycles. The van der Waals surface area contributed by atoms with Gasteiger partial charge in [0.15, 0.2) is 5.75 Å². The van der Waals surface area contributed by atoms with Crippen molar-refractivity contribution >= 4 is 5.69 Å². The number of methoxy groups -OCH3 is 1. The molecule has 16 heavy (non-hydrogen) atoms. The van der Waals surface area contributed by atoms with Crippen LogP contribution in [-0.4, -0.2) is 22.0 Å². The Morgan fingerprint density at radius 3 is 2.88 bits per heavy atom. The number of nitro benzene ring substituents is 1. The Kier molecular flexibility index (Phi) is 2.55. The van der Waals surface area contributed by atoms with Gasteiger partial charge in [0.05, 0.1) is 30.3 Å². The van der Waals surface area contributed by atoms with Crippen molar-refractivity contribution in [2.75, 3.05) is 7.11 Å². The van der Waals surface area contributed by atoms with Crippen molar-refractivity contribution < 1.29 is 9.66 Å². The van der Waals surface area contributed by atoms with E-state index in [0.29, 0.717) is 5.56 Å². The average Bonchev–Trinajstić information content (AvgIpc) is 2.81. The lowest BCUT2D eigenvalue weighted by Crippen LogP contribution is -1.94. The van der Waals surface area contributed by atoms with Gasteiger partial charge in [0.25, 0.3) is 0 Å². The molecule has 0 fully saturated rings. The van der Waals surface area contributed by atoms with Gasteiger partial charge in [-0.15, -0.1) is 0 Å². The summed E-state index contributed by atoms with van der Waals surface area (Å²) < 4.78 is 4.91. The molecule has 82 valence electrons. The van der Waals surface area contributed by atoms with Gasteiger partial charge in [0.1, 0.15) is 0 Å². The molecule has 2 aromatic rings. The number of aromatic amines is 1. The van der Waals surface area contributed by atoms with Crippen LogP contribution in [0.3, 0.4) is 0 Å². The molecule has 1 aromatic heterocycles. The Morgan fingerprint density at radius 2 is 2.31 bits per heavy atom. The van der Waals surface area contributed by atoms with Crippen LogP contribution in [0.1, 0.15) is 0 Å². The molecule has 0 aliphatic heterocycles. The molecule has 0 unspecified atom stereocenters. The maximum atomic E-state index is 10.8. The van der Waals surface area contributed by atoms with Crippen LogP contribution in [-0.2, 0) is 0 Å². The lowest BCUT2D eigenvalue weighted by Gasteiger charge is -2.03. The minimum atomic E-state index is -0.474. The zero-order chi connectivity index (χ0) is 11.5. The van der Waals surface area contributed by atoms with Crippen LogP contribution < -0.4 is 4.74 Å². The van der Waals surface area contributed by atoms with Gasteiger partial charge in [-0.3, -0.25) is 10.1 Å². The molecule has 0 bridgehead atoms. The fourth-order valence-electron chi connectivity index (χ4n) is 1.41. The van der Waals surface area contributed by atoms with E-state index in [1.807, 2.05) is 0 Å². The molecule has 6 nitrogen and oxygen atoms in total. The predicted octanol–water partition coefficient (Wildman–Crippen LogP) is 1.99. The molecular weight excluding hydrogens is 210 g/mol. The first kappa shape index (κ1) is 10.2. The fourth-order valence-corrected chi connectivity index (χ4v) is 1.41. The topological polar surface area (TPSA) is 81.0 Å². The maximum absolute atomic E-state index is 10.8. The summed E-state index contributed by atoms with van der Waals surface area (Å²) in [6.07, 6.45) is 3.12. The number of ether oxygens (including phenoxy) is 1. The normalized spacial score (nSPS) is 10.1. The third-order valence-corrected chi connectivity index (χ3v) is 2.18. The predicted molar refractivity (Wildman–Crippen MR) is 57.2 cm³/mol. The molecule has 0 radical (unpaired) electrons. The third kappa shape index (κ3) is 1.72. The minimum absolute atomic E-state index is 0.0606. The van der Waals surface area contributed by atoms with Crippen LogP contribution in [0.4, 0.5) is 5.69 Å². The number of imidazole rings is 1. The Labute approximate surface area is 91.0 Å². The highest BCUT2D eigenvalue weighted by Gasteiger charge is 2.15. The highest BCUT2D eigenvalue weighted by atomic mass is 16.6. The summed E-state index contributed by atoms with van der Waals surface area (Å²) in [5, 5.41) is 10.8. The lowest BCUT2D eigenvalue weighted by molar-refractivity contribution is -0.385. The molecule has 2 rings (SSSR count). The maximum Gasteiger partial charge on any atom is 0.311 e.